The molecule has 1 amide bonds. The van der Waals surface area contributed by atoms with Gasteiger partial charge in [0.1, 0.15) is 0 Å². The van der Waals surface area contributed by atoms with E-state index < -0.39 is 15.7 Å². The van der Waals surface area contributed by atoms with Gasteiger partial charge in [-0.15, -0.1) is 0 Å². The number of hydrogen-bond acceptors (Lipinski definition) is 5. The summed E-state index contributed by atoms with van der Waals surface area (Å²) in [6, 6.07) is 13.9. The van der Waals surface area contributed by atoms with Crippen molar-refractivity contribution in [1.29, 1.82) is 0 Å². The molecule has 2 aromatic carbocycles. The highest BCUT2D eigenvalue weighted by Crippen LogP contribution is 2.36. The Bertz CT molecular complexity index is 1120. The average molecular weight is 526 g/mol. The second-order valence-corrected chi connectivity index (χ2v) is 11.5. The van der Waals surface area contributed by atoms with E-state index in [0.29, 0.717) is 50.5 Å². The maximum absolute atomic E-state index is 13.4. The summed E-state index contributed by atoms with van der Waals surface area (Å²) in [7, 11) is -2.08. The fourth-order valence-corrected chi connectivity index (χ4v) is 6.67. The van der Waals surface area contributed by atoms with Gasteiger partial charge >= 0.3 is 0 Å². The van der Waals surface area contributed by atoms with Crippen molar-refractivity contribution in [2.24, 2.45) is 0 Å². The van der Waals surface area contributed by atoms with Crippen LogP contribution in [0.15, 0.2) is 53.4 Å². The number of hydrogen-bond donors (Lipinski definition) is 1. The van der Waals surface area contributed by atoms with E-state index in [0.717, 1.165) is 12.0 Å². The molecule has 2 aromatic rings. The monoisotopic (exact) mass is 525 g/mol. The van der Waals surface area contributed by atoms with Gasteiger partial charge in [-0.1, -0.05) is 53.5 Å². The molecule has 2 fully saturated rings. The van der Waals surface area contributed by atoms with Crippen molar-refractivity contribution in [3.05, 3.63) is 64.1 Å². The number of piperidine rings is 1. The fraction of sp³-hybridized carbons (Fsp3) is 0.458. The molecule has 0 radical (unpaired) electrons. The van der Waals surface area contributed by atoms with E-state index >= 15 is 0 Å². The van der Waals surface area contributed by atoms with Crippen LogP contribution in [0.3, 0.4) is 0 Å². The number of methoxy groups -OCH3 is 1. The molecule has 34 heavy (non-hydrogen) atoms. The van der Waals surface area contributed by atoms with E-state index in [1.807, 2.05) is 35.2 Å². The molecule has 4 rings (SSSR count). The molecule has 0 unspecified atom stereocenters. The van der Waals surface area contributed by atoms with Gasteiger partial charge in [0, 0.05) is 33.4 Å². The van der Waals surface area contributed by atoms with Gasteiger partial charge in [0.05, 0.1) is 26.6 Å². The minimum absolute atomic E-state index is 0.0562. The van der Waals surface area contributed by atoms with Crippen molar-refractivity contribution in [2.45, 2.75) is 42.3 Å². The van der Waals surface area contributed by atoms with Crippen LogP contribution in [-0.2, 0) is 26.0 Å². The summed E-state index contributed by atoms with van der Waals surface area (Å²) in [5.74, 6) is 0.0562. The van der Waals surface area contributed by atoms with Crippen molar-refractivity contribution in [3.63, 3.8) is 0 Å². The van der Waals surface area contributed by atoms with E-state index in [9.17, 15) is 13.2 Å². The Kier molecular flexibility index (Phi) is 7.86. The van der Waals surface area contributed by atoms with E-state index in [-0.39, 0.29) is 21.9 Å². The first-order valence-corrected chi connectivity index (χ1v) is 13.5. The molecule has 2 heterocycles. The van der Waals surface area contributed by atoms with Gasteiger partial charge < -0.3 is 9.64 Å². The van der Waals surface area contributed by atoms with Gasteiger partial charge in [-0.3, -0.25) is 10.1 Å². The van der Waals surface area contributed by atoms with E-state index in [4.69, 9.17) is 27.9 Å². The van der Waals surface area contributed by atoms with Crippen LogP contribution in [0.1, 0.15) is 24.8 Å². The zero-order chi connectivity index (χ0) is 24.3. The topological polar surface area (TPSA) is 79.0 Å². The lowest BCUT2D eigenvalue weighted by Gasteiger charge is -2.44. The minimum atomic E-state index is -3.72. The molecule has 2 saturated heterocycles. The molecular weight excluding hydrogens is 497 g/mol. The third kappa shape index (κ3) is 5.12. The number of sulfonamides is 1. The summed E-state index contributed by atoms with van der Waals surface area (Å²) in [5, 5.41) is 4.10. The first-order valence-electron chi connectivity index (χ1n) is 11.3. The summed E-state index contributed by atoms with van der Waals surface area (Å²) < 4.78 is 33.1. The maximum atomic E-state index is 13.4. The predicted molar refractivity (Wildman–Crippen MR) is 132 cm³/mol. The van der Waals surface area contributed by atoms with Crippen LogP contribution < -0.4 is 5.32 Å². The van der Waals surface area contributed by atoms with Gasteiger partial charge in [0.2, 0.25) is 15.9 Å². The summed E-state index contributed by atoms with van der Waals surface area (Å²) in [4.78, 5) is 15.4. The van der Waals surface area contributed by atoms with Gasteiger partial charge in [0.25, 0.3) is 0 Å². The van der Waals surface area contributed by atoms with Crippen molar-refractivity contribution < 1.29 is 17.9 Å². The van der Waals surface area contributed by atoms with Gasteiger partial charge in [-0.2, -0.15) is 4.31 Å². The third-order valence-corrected chi connectivity index (χ3v) is 9.25. The Labute approximate surface area is 211 Å². The summed E-state index contributed by atoms with van der Waals surface area (Å²) in [6.07, 6.45) is 2.30. The van der Waals surface area contributed by atoms with E-state index in [1.165, 1.54) is 22.5 Å². The Balaban J connectivity index is 1.52. The SMILES string of the molecule is COCCCN1C(=O)[C@H](Cc2ccccc2)NC12CCN(S(=O)(=O)c1ccc(Cl)c(Cl)c1)CC2. The van der Waals surface area contributed by atoms with Gasteiger partial charge in [-0.25, -0.2) is 8.42 Å². The number of rotatable bonds is 8. The number of ether oxygens (including phenoxy) is 1. The van der Waals surface area contributed by atoms with Crippen molar-refractivity contribution >= 4 is 39.1 Å². The number of nitrogens with one attached hydrogen (secondary N) is 1. The minimum Gasteiger partial charge on any atom is -0.385 e. The molecule has 1 spiro atoms. The molecule has 7 nitrogen and oxygen atoms in total. The molecular formula is C24H29Cl2N3O4S. The van der Waals surface area contributed by atoms with Crippen LogP contribution in [0.5, 0.6) is 0 Å². The quantitative estimate of drug-likeness (QED) is 0.533. The lowest BCUT2D eigenvalue weighted by molar-refractivity contribution is -0.133. The molecule has 1 N–H and O–H groups in total. The molecule has 2 aliphatic rings. The molecule has 1 atom stereocenters. The molecule has 0 aliphatic carbocycles. The third-order valence-electron chi connectivity index (χ3n) is 6.61. The normalized spacial score (nSPS) is 20.9. The number of nitrogens with zero attached hydrogens (tertiary/aromatic N) is 2. The molecule has 0 bridgehead atoms. The van der Waals surface area contributed by atoms with E-state index in [1.54, 1.807) is 7.11 Å². The Morgan fingerprint density at radius 3 is 2.44 bits per heavy atom. The van der Waals surface area contributed by atoms with Crippen LogP contribution in [0.4, 0.5) is 0 Å². The number of carbonyl (C=O) groups excluding carboxylic acids is 1. The molecule has 184 valence electrons. The number of halogens is 2. The molecule has 2 aliphatic heterocycles. The standard InChI is InChI=1S/C24H29Cl2N3O4S/c1-33-15-5-12-29-23(30)22(16-18-6-3-2-4-7-18)27-24(29)10-13-28(14-11-24)34(31,32)19-8-9-20(25)21(26)17-19/h2-4,6-9,17,22,27H,5,10-16H2,1H3/t22-/m0/s1. The number of carbonyl (C=O) groups is 1. The Morgan fingerprint density at radius 2 is 1.79 bits per heavy atom. The van der Waals surface area contributed by atoms with Gasteiger partial charge in [-0.05, 0) is 49.4 Å². The summed E-state index contributed by atoms with van der Waals surface area (Å²) in [6.45, 7) is 1.70. The van der Waals surface area contributed by atoms with Crippen LogP contribution >= 0.6 is 23.2 Å². The summed E-state index contributed by atoms with van der Waals surface area (Å²) >= 11 is 12.0. The average Bonchev–Trinajstić information content (AvgIpc) is 3.07. The largest absolute Gasteiger partial charge is 0.385 e. The zero-order valence-electron chi connectivity index (χ0n) is 19.0. The molecule has 0 saturated carbocycles. The maximum Gasteiger partial charge on any atom is 0.243 e. The van der Waals surface area contributed by atoms with Crippen LogP contribution in [0.25, 0.3) is 0 Å². The van der Waals surface area contributed by atoms with Crippen molar-refractivity contribution in [2.75, 3.05) is 33.4 Å². The second kappa shape index (κ2) is 10.5. The number of amides is 1. The lowest BCUT2D eigenvalue weighted by atomic mass is 9.97. The predicted octanol–water partition coefficient (Wildman–Crippen LogP) is 3.55. The highest BCUT2D eigenvalue weighted by Gasteiger charge is 2.52. The van der Waals surface area contributed by atoms with Gasteiger partial charge in [0.15, 0.2) is 0 Å². The Hall–Kier alpha value is -1.68. The highest BCUT2D eigenvalue weighted by molar-refractivity contribution is 7.89. The molecule has 0 aromatic heterocycles. The van der Waals surface area contributed by atoms with Crippen LogP contribution in [-0.4, -0.2) is 68.6 Å². The zero-order valence-corrected chi connectivity index (χ0v) is 21.4. The van der Waals surface area contributed by atoms with E-state index in [2.05, 4.69) is 5.32 Å². The Morgan fingerprint density at radius 1 is 1.09 bits per heavy atom. The van der Waals surface area contributed by atoms with Crippen LogP contribution in [0, 0.1) is 0 Å². The van der Waals surface area contributed by atoms with Crippen LogP contribution in [0.2, 0.25) is 10.0 Å². The van der Waals surface area contributed by atoms with Crippen molar-refractivity contribution in [3.8, 4) is 0 Å². The highest BCUT2D eigenvalue weighted by atomic mass is 35.5. The first kappa shape index (κ1) is 25.4. The summed E-state index contributed by atoms with van der Waals surface area (Å²) in [5.41, 5.74) is 0.510. The van der Waals surface area contributed by atoms with Crippen molar-refractivity contribution in [1.82, 2.24) is 14.5 Å². The smallest absolute Gasteiger partial charge is 0.243 e. The second-order valence-electron chi connectivity index (χ2n) is 8.73. The lowest BCUT2D eigenvalue weighted by Crippen LogP contribution is -2.59. The first-order chi connectivity index (χ1) is 16.3. The fourth-order valence-electron chi connectivity index (χ4n) is 4.84. The molecule has 10 heteroatoms. The number of benzene rings is 2.